The minimum Gasteiger partial charge on any atom is -0.465 e. The summed E-state index contributed by atoms with van der Waals surface area (Å²) in [6.45, 7) is 5.28. The van der Waals surface area contributed by atoms with E-state index in [9.17, 15) is 4.79 Å². The number of ether oxygens (including phenoxy) is 1. The molecule has 0 saturated carbocycles. The van der Waals surface area contributed by atoms with E-state index in [1.165, 1.54) is 7.11 Å². The molecular weight excluding hydrogens is 254 g/mol. The van der Waals surface area contributed by atoms with Crippen molar-refractivity contribution >= 4 is 11.7 Å². The van der Waals surface area contributed by atoms with Gasteiger partial charge in [0.15, 0.2) is 0 Å². The Morgan fingerprint density at radius 3 is 2.65 bits per heavy atom. The summed E-state index contributed by atoms with van der Waals surface area (Å²) in [5, 5.41) is 8.78. The third-order valence-corrected chi connectivity index (χ3v) is 3.69. The summed E-state index contributed by atoms with van der Waals surface area (Å²) in [6, 6.07) is 10.0. The zero-order valence-corrected chi connectivity index (χ0v) is 11.9. The minimum atomic E-state index is -0.316. The highest BCUT2D eigenvalue weighted by Gasteiger charge is 2.23. The fourth-order valence-electron chi connectivity index (χ4n) is 2.48. The number of benzene rings is 1. The summed E-state index contributed by atoms with van der Waals surface area (Å²) in [4.78, 5) is 15.9. The number of methoxy groups -OCH3 is 1. The highest BCUT2D eigenvalue weighted by Crippen LogP contribution is 2.20. The van der Waals surface area contributed by atoms with Gasteiger partial charge in [-0.25, -0.2) is 4.79 Å². The van der Waals surface area contributed by atoms with Crippen LogP contribution in [0, 0.1) is 11.3 Å². The highest BCUT2D eigenvalue weighted by molar-refractivity contribution is 5.89. The molecule has 1 saturated heterocycles. The maximum absolute atomic E-state index is 11.4. The van der Waals surface area contributed by atoms with Crippen LogP contribution in [0.4, 0.5) is 5.69 Å². The first-order valence-corrected chi connectivity index (χ1v) is 6.70. The number of carbonyl (C=O) groups is 1. The van der Waals surface area contributed by atoms with E-state index in [0.29, 0.717) is 18.2 Å². The van der Waals surface area contributed by atoms with Gasteiger partial charge in [0.1, 0.15) is 0 Å². The van der Waals surface area contributed by atoms with E-state index in [-0.39, 0.29) is 5.97 Å². The molecule has 2 rings (SSSR count). The SMILES string of the molecule is COC(=O)c1ccc(N2CCN(CC#N)[C@@H](C)C2)cc1. The van der Waals surface area contributed by atoms with Crippen LogP contribution in [-0.4, -0.2) is 50.2 Å². The molecule has 1 aromatic rings. The first-order valence-electron chi connectivity index (χ1n) is 6.70. The van der Waals surface area contributed by atoms with Crippen molar-refractivity contribution in [2.45, 2.75) is 13.0 Å². The number of hydrogen-bond acceptors (Lipinski definition) is 5. The van der Waals surface area contributed by atoms with Crippen molar-refractivity contribution in [2.24, 2.45) is 0 Å². The molecule has 0 unspecified atom stereocenters. The molecule has 0 amide bonds. The van der Waals surface area contributed by atoms with Crippen molar-refractivity contribution in [3.05, 3.63) is 29.8 Å². The van der Waals surface area contributed by atoms with Gasteiger partial charge in [-0.15, -0.1) is 0 Å². The number of esters is 1. The van der Waals surface area contributed by atoms with Crippen LogP contribution in [0.3, 0.4) is 0 Å². The number of nitrogens with zero attached hydrogens (tertiary/aromatic N) is 3. The van der Waals surface area contributed by atoms with Gasteiger partial charge in [0, 0.05) is 31.4 Å². The van der Waals surface area contributed by atoms with Gasteiger partial charge in [-0.1, -0.05) is 0 Å². The molecule has 1 aliphatic heterocycles. The fourth-order valence-corrected chi connectivity index (χ4v) is 2.48. The van der Waals surface area contributed by atoms with Gasteiger partial charge >= 0.3 is 5.97 Å². The van der Waals surface area contributed by atoms with E-state index in [0.717, 1.165) is 25.3 Å². The van der Waals surface area contributed by atoms with Crippen LogP contribution in [0.5, 0.6) is 0 Å². The average Bonchev–Trinajstić information content (AvgIpc) is 2.49. The average molecular weight is 273 g/mol. The standard InChI is InChI=1S/C15H19N3O2/c1-12-11-18(10-9-17(12)8-7-16)14-5-3-13(4-6-14)15(19)20-2/h3-6,12H,8-11H2,1-2H3/t12-/m0/s1. The van der Waals surface area contributed by atoms with E-state index in [2.05, 4.69) is 27.5 Å². The van der Waals surface area contributed by atoms with Crippen molar-refractivity contribution in [3.8, 4) is 6.07 Å². The van der Waals surface area contributed by atoms with E-state index in [1.807, 2.05) is 12.1 Å². The Morgan fingerprint density at radius 2 is 2.10 bits per heavy atom. The van der Waals surface area contributed by atoms with E-state index in [1.54, 1.807) is 12.1 Å². The molecule has 0 bridgehead atoms. The molecule has 1 fully saturated rings. The van der Waals surface area contributed by atoms with Gasteiger partial charge in [0.2, 0.25) is 0 Å². The lowest BCUT2D eigenvalue weighted by Gasteiger charge is -2.39. The lowest BCUT2D eigenvalue weighted by molar-refractivity contribution is 0.0601. The number of anilines is 1. The Balaban J connectivity index is 2.03. The Morgan fingerprint density at radius 1 is 1.40 bits per heavy atom. The monoisotopic (exact) mass is 273 g/mol. The first-order chi connectivity index (χ1) is 9.65. The van der Waals surface area contributed by atoms with Crippen LogP contribution in [-0.2, 0) is 4.74 Å². The predicted molar refractivity (Wildman–Crippen MR) is 76.6 cm³/mol. The Bertz CT molecular complexity index is 507. The van der Waals surface area contributed by atoms with Gasteiger partial charge in [-0.2, -0.15) is 5.26 Å². The minimum absolute atomic E-state index is 0.316. The molecule has 20 heavy (non-hydrogen) atoms. The molecule has 1 heterocycles. The van der Waals surface area contributed by atoms with Crippen LogP contribution >= 0.6 is 0 Å². The van der Waals surface area contributed by atoms with Gasteiger partial charge in [0.05, 0.1) is 25.3 Å². The van der Waals surface area contributed by atoms with Crippen LogP contribution in [0.15, 0.2) is 24.3 Å². The number of piperazine rings is 1. The van der Waals surface area contributed by atoms with Gasteiger partial charge in [-0.3, -0.25) is 4.90 Å². The zero-order valence-electron chi connectivity index (χ0n) is 11.9. The summed E-state index contributed by atoms with van der Waals surface area (Å²) in [5.41, 5.74) is 1.66. The topological polar surface area (TPSA) is 56.6 Å². The maximum atomic E-state index is 11.4. The Kier molecular flexibility index (Phi) is 4.59. The molecule has 0 spiro atoms. The molecule has 1 aromatic carbocycles. The molecular formula is C15H19N3O2. The molecule has 1 atom stereocenters. The van der Waals surface area contributed by atoms with E-state index < -0.39 is 0 Å². The Hall–Kier alpha value is -2.06. The zero-order chi connectivity index (χ0) is 14.5. The van der Waals surface area contributed by atoms with Crippen LogP contribution in [0.25, 0.3) is 0 Å². The number of nitriles is 1. The third kappa shape index (κ3) is 3.09. The normalized spacial score (nSPS) is 19.4. The molecule has 0 radical (unpaired) electrons. The molecule has 0 aromatic heterocycles. The van der Waals surface area contributed by atoms with Crippen LogP contribution < -0.4 is 4.90 Å². The number of rotatable bonds is 3. The summed E-state index contributed by atoms with van der Waals surface area (Å²) in [5.74, 6) is -0.316. The first kappa shape index (κ1) is 14.4. The molecule has 5 heteroatoms. The lowest BCUT2D eigenvalue weighted by atomic mass is 10.1. The molecule has 0 N–H and O–H groups in total. The Labute approximate surface area is 119 Å². The van der Waals surface area contributed by atoms with E-state index in [4.69, 9.17) is 5.26 Å². The van der Waals surface area contributed by atoms with Crippen molar-refractivity contribution < 1.29 is 9.53 Å². The third-order valence-electron chi connectivity index (χ3n) is 3.69. The predicted octanol–water partition coefficient (Wildman–Crippen LogP) is 1.51. The summed E-state index contributed by atoms with van der Waals surface area (Å²) in [6.07, 6.45) is 0. The summed E-state index contributed by atoms with van der Waals surface area (Å²) < 4.78 is 4.69. The van der Waals surface area contributed by atoms with Gasteiger partial charge in [0.25, 0.3) is 0 Å². The van der Waals surface area contributed by atoms with Crippen molar-refractivity contribution in [3.63, 3.8) is 0 Å². The highest BCUT2D eigenvalue weighted by atomic mass is 16.5. The molecule has 5 nitrogen and oxygen atoms in total. The molecule has 1 aliphatic rings. The smallest absolute Gasteiger partial charge is 0.337 e. The summed E-state index contributed by atoms with van der Waals surface area (Å²) in [7, 11) is 1.38. The maximum Gasteiger partial charge on any atom is 0.337 e. The fraction of sp³-hybridized carbons (Fsp3) is 0.467. The van der Waals surface area contributed by atoms with Gasteiger partial charge in [-0.05, 0) is 31.2 Å². The molecule has 106 valence electrons. The molecule has 0 aliphatic carbocycles. The second-order valence-corrected chi connectivity index (χ2v) is 4.96. The largest absolute Gasteiger partial charge is 0.465 e. The summed E-state index contributed by atoms with van der Waals surface area (Å²) >= 11 is 0. The lowest BCUT2D eigenvalue weighted by Crippen LogP contribution is -2.52. The number of hydrogen-bond donors (Lipinski definition) is 0. The van der Waals surface area contributed by atoms with Crippen LogP contribution in [0.1, 0.15) is 17.3 Å². The van der Waals surface area contributed by atoms with Crippen molar-refractivity contribution in [1.82, 2.24) is 4.90 Å². The number of carbonyl (C=O) groups excluding carboxylic acids is 1. The van der Waals surface area contributed by atoms with E-state index >= 15 is 0 Å². The van der Waals surface area contributed by atoms with Crippen molar-refractivity contribution in [1.29, 1.82) is 5.26 Å². The van der Waals surface area contributed by atoms with Crippen LogP contribution in [0.2, 0.25) is 0 Å². The quantitative estimate of drug-likeness (QED) is 0.617. The van der Waals surface area contributed by atoms with Gasteiger partial charge < -0.3 is 9.64 Å². The second-order valence-electron chi connectivity index (χ2n) is 4.96. The second kappa shape index (κ2) is 6.40. The van der Waals surface area contributed by atoms with Crippen molar-refractivity contribution in [2.75, 3.05) is 38.2 Å².